The molecule has 4 heteroatoms. The number of aromatic nitrogens is 1. The average Bonchev–Trinajstić information content (AvgIpc) is 2.40. The minimum atomic E-state index is -0.224. The third-order valence-electron chi connectivity index (χ3n) is 2.38. The molecule has 0 saturated heterocycles. The molecule has 2 rings (SSSR count). The van der Waals surface area contributed by atoms with Crippen molar-refractivity contribution in [2.24, 2.45) is 12.1 Å². The molecule has 0 unspecified atom stereocenters. The Morgan fingerprint density at radius 3 is 2.72 bits per heavy atom. The van der Waals surface area contributed by atoms with E-state index in [0.29, 0.717) is 5.56 Å². The van der Waals surface area contributed by atoms with E-state index in [-0.39, 0.29) is 5.91 Å². The number of carbonyl (C=O) groups excluding carboxylic acids is 1. The number of hydrogen-bond donors (Lipinski definition) is 1. The lowest BCUT2D eigenvalue weighted by atomic mass is 10.2. The molecule has 0 aliphatic carbocycles. The molecule has 0 fully saturated rings. The minimum absolute atomic E-state index is 0.224. The van der Waals surface area contributed by atoms with E-state index in [1.54, 1.807) is 18.5 Å². The van der Waals surface area contributed by atoms with Crippen LogP contribution in [0.1, 0.15) is 15.9 Å². The molecule has 1 aromatic carbocycles. The third kappa shape index (κ3) is 3.25. The summed E-state index contributed by atoms with van der Waals surface area (Å²) < 4.78 is 1.82. The van der Waals surface area contributed by atoms with Crippen molar-refractivity contribution >= 4 is 12.1 Å². The maximum Gasteiger partial charge on any atom is 0.277 e. The second-order valence-corrected chi connectivity index (χ2v) is 3.87. The minimum Gasteiger partial charge on any atom is -0.267 e. The predicted octanol–water partition coefficient (Wildman–Crippen LogP) is 1.27. The lowest BCUT2D eigenvalue weighted by Gasteiger charge is -1.97. The van der Waals surface area contributed by atoms with Crippen molar-refractivity contribution in [2.45, 2.75) is 0 Å². The number of nitrogens with zero attached hydrogens (tertiary/aromatic N) is 2. The number of pyridine rings is 1. The van der Waals surface area contributed by atoms with Gasteiger partial charge in [0.05, 0.1) is 6.21 Å². The normalized spacial score (nSPS) is 10.5. The second-order valence-electron chi connectivity index (χ2n) is 3.87. The summed E-state index contributed by atoms with van der Waals surface area (Å²) in [5.74, 6) is -0.224. The molecule has 2 aromatic rings. The molecule has 0 saturated carbocycles. The van der Waals surface area contributed by atoms with Gasteiger partial charge in [0.1, 0.15) is 12.6 Å². The van der Waals surface area contributed by atoms with Gasteiger partial charge in [0.15, 0.2) is 12.4 Å². The summed E-state index contributed by atoms with van der Waals surface area (Å²) in [5.41, 5.74) is 4.01. The van der Waals surface area contributed by atoms with Crippen molar-refractivity contribution in [1.29, 1.82) is 0 Å². The summed E-state index contributed by atoms with van der Waals surface area (Å²) in [6.45, 7) is 0. The first-order valence-electron chi connectivity index (χ1n) is 5.59. The number of aryl methyl sites for hydroxylation is 1. The van der Waals surface area contributed by atoms with E-state index in [9.17, 15) is 4.79 Å². The van der Waals surface area contributed by atoms with E-state index >= 15 is 0 Å². The molecule has 0 atom stereocenters. The summed E-state index contributed by atoms with van der Waals surface area (Å²) in [6, 6.07) is 13.2. The van der Waals surface area contributed by atoms with Gasteiger partial charge < -0.3 is 0 Å². The summed E-state index contributed by atoms with van der Waals surface area (Å²) in [7, 11) is 1.87. The van der Waals surface area contributed by atoms with Crippen LogP contribution in [0, 0.1) is 0 Å². The lowest BCUT2D eigenvalue weighted by Crippen LogP contribution is -2.29. The van der Waals surface area contributed by atoms with Crippen LogP contribution < -0.4 is 9.99 Å². The van der Waals surface area contributed by atoms with E-state index in [0.717, 1.165) is 5.56 Å². The van der Waals surface area contributed by atoms with Crippen LogP contribution in [0.15, 0.2) is 60.0 Å². The van der Waals surface area contributed by atoms with Gasteiger partial charge in [-0.2, -0.15) is 5.10 Å². The first kappa shape index (κ1) is 12.0. The summed E-state index contributed by atoms with van der Waals surface area (Å²) in [5, 5.41) is 3.91. The fraction of sp³-hybridized carbons (Fsp3) is 0.0714. The number of nitrogens with one attached hydrogen (secondary N) is 1. The standard InChI is InChI=1S/C14H13N3O/c1-17-9-5-8-13(11-17)14(18)16-15-10-12-6-3-2-4-7-12/h2-11H,1H3/p+1/b15-10+. The van der Waals surface area contributed by atoms with Gasteiger partial charge in [-0.3, -0.25) is 4.79 Å². The maximum atomic E-state index is 11.7. The van der Waals surface area contributed by atoms with Crippen LogP contribution in [0.25, 0.3) is 0 Å². The van der Waals surface area contributed by atoms with Crippen LogP contribution >= 0.6 is 0 Å². The zero-order valence-electron chi connectivity index (χ0n) is 10.1. The molecule has 18 heavy (non-hydrogen) atoms. The van der Waals surface area contributed by atoms with Gasteiger partial charge >= 0.3 is 0 Å². The number of hydrogen-bond acceptors (Lipinski definition) is 2. The van der Waals surface area contributed by atoms with Crippen LogP contribution in [-0.2, 0) is 7.05 Å². The lowest BCUT2D eigenvalue weighted by molar-refractivity contribution is -0.671. The van der Waals surface area contributed by atoms with Crippen LogP contribution in [0.3, 0.4) is 0 Å². The molecular formula is C14H14N3O+. The van der Waals surface area contributed by atoms with Crippen molar-refractivity contribution in [3.05, 3.63) is 66.0 Å². The molecule has 1 amide bonds. The highest BCUT2D eigenvalue weighted by Gasteiger charge is 2.07. The Morgan fingerprint density at radius 1 is 1.22 bits per heavy atom. The molecule has 1 N–H and O–H groups in total. The van der Waals surface area contributed by atoms with Crippen molar-refractivity contribution in [3.63, 3.8) is 0 Å². The Balaban J connectivity index is 1.99. The first-order valence-corrected chi connectivity index (χ1v) is 5.59. The van der Waals surface area contributed by atoms with Gasteiger partial charge in [0.2, 0.25) is 0 Å². The summed E-state index contributed by atoms with van der Waals surface area (Å²) in [4.78, 5) is 11.7. The van der Waals surface area contributed by atoms with Gasteiger partial charge in [0.25, 0.3) is 5.91 Å². The van der Waals surface area contributed by atoms with E-state index in [1.165, 1.54) is 0 Å². The second kappa shape index (κ2) is 5.72. The number of carbonyl (C=O) groups is 1. The summed E-state index contributed by atoms with van der Waals surface area (Å²) >= 11 is 0. The predicted molar refractivity (Wildman–Crippen MR) is 69.1 cm³/mol. The van der Waals surface area contributed by atoms with Gasteiger partial charge in [-0.15, -0.1) is 0 Å². The molecule has 1 aromatic heterocycles. The molecule has 0 bridgehead atoms. The first-order chi connectivity index (χ1) is 8.75. The van der Waals surface area contributed by atoms with Crippen LogP contribution in [0.5, 0.6) is 0 Å². The average molecular weight is 240 g/mol. The molecule has 1 heterocycles. The zero-order chi connectivity index (χ0) is 12.8. The Labute approximate surface area is 106 Å². The van der Waals surface area contributed by atoms with E-state index in [4.69, 9.17) is 0 Å². The van der Waals surface area contributed by atoms with Gasteiger partial charge in [0, 0.05) is 6.07 Å². The molecule has 0 spiro atoms. The van der Waals surface area contributed by atoms with E-state index in [1.807, 2.05) is 54.2 Å². The topological polar surface area (TPSA) is 45.3 Å². The fourth-order valence-electron chi connectivity index (χ4n) is 1.49. The quantitative estimate of drug-likeness (QED) is 0.490. The molecule has 0 aliphatic heterocycles. The number of benzene rings is 1. The molecule has 90 valence electrons. The Bertz CT molecular complexity index is 564. The molecule has 4 nitrogen and oxygen atoms in total. The van der Waals surface area contributed by atoms with Crippen molar-refractivity contribution < 1.29 is 9.36 Å². The van der Waals surface area contributed by atoms with Gasteiger partial charge in [-0.1, -0.05) is 30.3 Å². The summed E-state index contributed by atoms with van der Waals surface area (Å²) in [6.07, 6.45) is 5.22. The van der Waals surface area contributed by atoms with Gasteiger partial charge in [-0.25, -0.2) is 9.99 Å². The molecule has 0 radical (unpaired) electrons. The van der Waals surface area contributed by atoms with Gasteiger partial charge in [-0.05, 0) is 11.6 Å². The van der Waals surface area contributed by atoms with Crippen molar-refractivity contribution in [1.82, 2.24) is 5.43 Å². The Kier molecular flexibility index (Phi) is 3.81. The molecule has 0 aliphatic rings. The highest BCUT2D eigenvalue weighted by Crippen LogP contribution is 1.95. The number of amides is 1. The number of hydrazone groups is 1. The van der Waals surface area contributed by atoms with Crippen LogP contribution in [0.2, 0.25) is 0 Å². The Hall–Kier alpha value is -2.49. The van der Waals surface area contributed by atoms with Crippen LogP contribution in [-0.4, -0.2) is 12.1 Å². The smallest absolute Gasteiger partial charge is 0.267 e. The maximum absolute atomic E-state index is 11.7. The largest absolute Gasteiger partial charge is 0.277 e. The van der Waals surface area contributed by atoms with Crippen molar-refractivity contribution in [2.75, 3.05) is 0 Å². The van der Waals surface area contributed by atoms with Crippen molar-refractivity contribution in [3.8, 4) is 0 Å². The molecular weight excluding hydrogens is 226 g/mol. The van der Waals surface area contributed by atoms with Crippen LogP contribution in [0.4, 0.5) is 0 Å². The van der Waals surface area contributed by atoms with E-state index < -0.39 is 0 Å². The third-order valence-corrected chi connectivity index (χ3v) is 2.38. The number of rotatable bonds is 3. The Morgan fingerprint density at radius 2 is 2.00 bits per heavy atom. The monoisotopic (exact) mass is 240 g/mol. The fourth-order valence-corrected chi connectivity index (χ4v) is 1.49. The van der Waals surface area contributed by atoms with E-state index in [2.05, 4.69) is 10.5 Å². The zero-order valence-corrected chi connectivity index (χ0v) is 10.1. The highest BCUT2D eigenvalue weighted by atomic mass is 16.2. The SMILES string of the molecule is C[n+]1cccc(C(=O)N/N=C/c2ccccc2)c1. The highest BCUT2D eigenvalue weighted by molar-refractivity contribution is 5.94.